The van der Waals surface area contributed by atoms with E-state index < -0.39 is 12.4 Å². The van der Waals surface area contributed by atoms with Gasteiger partial charge in [0.25, 0.3) is 11.8 Å². The molecule has 11 rings (SSSR count). The molecule has 0 spiro atoms. The average molecular weight is 1440 g/mol. The summed E-state index contributed by atoms with van der Waals surface area (Å²) in [5, 5.41) is 26.3. The van der Waals surface area contributed by atoms with Crippen molar-refractivity contribution in [3.63, 3.8) is 0 Å². The smallest absolute Gasteiger partial charge is 0.252 e. The number of para-hydroxylation sites is 1. The number of rotatable bonds is 37. The number of carbonyl (C=O) groups excluding carboxylic acids is 8. The first-order valence-electron chi connectivity index (χ1n) is 36.5. The molecule has 8 aromatic rings. The van der Waals surface area contributed by atoms with Crippen molar-refractivity contribution in [2.45, 2.75) is 141 Å². The summed E-state index contributed by atoms with van der Waals surface area (Å²) < 4.78 is 40.5. The number of ketones is 5. The van der Waals surface area contributed by atoms with Gasteiger partial charge in [0.05, 0.1) is 0 Å². The van der Waals surface area contributed by atoms with Crippen LogP contribution in [0.15, 0.2) is 194 Å². The van der Waals surface area contributed by atoms with E-state index in [-0.39, 0.29) is 70.7 Å². The van der Waals surface area contributed by atoms with Gasteiger partial charge in [0.2, 0.25) is 5.91 Å². The Morgan fingerprint density at radius 2 is 0.962 bits per heavy atom. The fourth-order valence-electron chi connectivity index (χ4n) is 11.7. The van der Waals surface area contributed by atoms with E-state index in [0.29, 0.717) is 121 Å². The molecule has 15 nitrogen and oxygen atoms in total. The number of anilines is 2. The second-order valence-electron chi connectivity index (χ2n) is 27.4. The minimum atomic E-state index is -0.420. The molecular formula is C88H92F3N5O10. The van der Waals surface area contributed by atoms with Crippen LogP contribution in [0.2, 0.25) is 0 Å². The fourth-order valence-corrected chi connectivity index (χ4v) is 11.7. The fraction of sp³-hybridized carbons (Fsp3) is 0.295. The molecule has 3 saturated carbocycles. The molecule has 0 atom stereocenters. The summed E-state index contributed by atoms with van der Waals surface area (Å²) in [7, 11) is 0. The average Bonchev–Trinajstić information content (AvgIpc) is 1.12. The number of amides is 3. The van der Waals surface area contributed by atoms with Crippen molar-refractivity contribution in [3.8, 4) is 0 Å². The molecule has 106 heavy (non-hydrogen) atoms. The molecule has 3 amide bonds. The lowest BCUT2D eigenvalue weighted by molar-refractivity contribution is -0.129. The van der Waals surface area contributed by atoms with Crippen molar-refractivity contribution in [2.75, 3.05) is 24.2 Å². The van der Waals surface area contributed by atoms with Crippen molar-refractivity contribution < 1.29 is 61.8 Å². The number of aliphatic hydroxyl groups is 1. The van der Waals surface area contributed by atoms with Gasteiger partial charge in [-0.1, -0.05) is 147 Å². The summed E-state index contributed by atoms with van der Waals surface area (Å²) in [6.07, 6.45) is 20.0. The van der Waals surface area contributed by atoms with E-state index in [0.717, 1.165) is 115 Å². The summed E-state index contributed by atoms with van der Waals surface area (Å²) in [5.74, 6) is -0.704. The summed E-state index contributed by atoms with van der Waals surface area (Å²) in [5.41, 5.74) is 19.2. The number of hydrogen-bond donors (Lipinski definition) is 7. The molecule has 0 bridgehead atoms. The van der Waals surface area contributed by atoms with Crippen LogP contribution in [-0.4, -0.2) is 76.1 Å². The van der Waals surface area contributed by atoms with E-state index in [4.69, 9.17) is 16.0 Å². The van der Waals surface area contributed by atoms with Gasteiger partial charge in [0, 0.05) is 103 Å². The van der Waals surface area contributed by atoms with Crippen LogP contribution in [0.25, 0.3) is 34.9 Å². The summed E-state index contributed by atoms with van der Waals surface area (Å²) >= 11 is 0. The third kappa shape index (κ3) is 27.3. The molecule has 3 aliphatic rings. The van der Waals surface area contributed by atoms with E-state index in [2.05, 4.69) is 16.0 Å². The molecule has 8 N–H and O–H groups in total. The van der Waals surface area contributed by atoms with Crippen LogP contribution in [0.3, 0.4) is 0 Å². The first kappa shape index (κ1) is 79.2. The number of hydroxylamine groups is 1. The summed E-state index contributed by atoms with van der Waals surface area (Å²) in [4.78, 5) is 98.0. The molecule has 0 heterocycles. The van der Waals surface area contributed by atoms with Gasteiger partial charge in [-0.2, -0.15) is 0 Å². The minimum absolute atomic E-state index is 0.0312. The molecule has 550 valence electrons. The highest BCUT2D eigenvalue weighted by atomic mass is 19.1. The predicted molar refractivity (Wildman–Crippen MR) is 410 cm³/mol. The van der Waals surface area contributed by atoms with Gasteiger partial charge in [-0.25, -0.2) is 18.7 Å². The second-order valence-corrected chi connectivity index (χ2v) is 27.4. The number of carbonyl (C=O) groups is 8. The molecule has 0 unspecified atom stereocenters. The third-order valence-corrected chi connectivity index (χ3v) is 18.5. The quantitative estimate of drug-likeness (QED) is 0.00365. The van der Waals surface area contributed by atoms with Crippen molar-refractivity contribution in [1.29, 1.82) is 0 Å². The van der Waals surface area contributed by atoms with E-state index in [1.165, 1.54) is 36.4 Å². The van der Waals surface area contributed by atoms with Crippen molar-refractivity contribution in [2.24, 2.45) is 11.8 Å². The number of unbranched alkanes of at least 4 members (excludes halogenated alkanes) is 5. The zero-order chi connectivity index (χ0) is 75.2. The van der Waals surface area contributed by atoms with Crippen molar-refractivity contribution in [1.82, 2.24) is 16.1 Å². The third-order valence-electron chi connectivity index (χ3n) is 18.5. The molecule has 18 heteroatoms. The Bertz CT molecular complexity index is 4390. The van der Waals surface area contributed by atoms with Crippen molar-refractivity contribution >= 4 is 93.0 Å². The van der Waals surface area contributed by atoms with Crippen LogP contribution in [0, 0.1) is 29.3 Å². The topological polar surface area (TPSA) is 251 Å². The Labute approximate surface area is 617 Å². The van der Waals surface area contributed by atoms with Gasteiger partial charge < -0.3 is 26.8 Å². The van der Waals surface area contributed by atoms with Gasteiger partial charge in [0.15, 0.2) is 23.1 Å². The zero-order valence-corrected chi connectivity index (χ0v) is 59.6. The monoisotopic (exact) mass is 1440 g/mol. The normalized spacial score (nSPS) is 13.4. The van der Waals surface area contributed by atoms with Crippen LogP contribution < -0.4 is 27.2 Å². The number of benzene rings is 8. The molecule has 0 aliphatic heterocycles. The van der Waals surface area contributed by atoms with Crippen LogP contribution >= 0.6 is 0 Å². The lowest BCUT2D eigenvalue weighted by Gasteiger charge is -2.11. The van der Waals surface area contributed by atoms with E-state index in [1.807, 2.05) is 103 Å². The van der Waals surface area contributed by atoms with Gasteiger partial charge >= 0.3 is 0 Å². The first-order chi connectivity index (χ1) is 51.3. The molecule has 0 aromatic heterocycles. The maximum atomic E-state index is 13.7. The number of nitrogen functional groups attached to an aromatic ring is 1. The van der Waals surface area contributed by atoms with Crippen LogP contribution in [0.5, 0.6) is 0 Å². The Morgan fingerprint density at radius 3 is 1.52 bits per heavy atom. The SMILES string of the molecule is Nc1ccccc1CC(=O)c1ccc(CNc2ccc(/C(=C\c3ccc(F)cc3)C(=O)CC3CC3)cc2)cc1.O=C(CCCCCCC(=O)NO)Cc1ccc(/C=C(/C(=O)CC2CC2)c2ccc(F)cc2)cc1.O=C(CO)CCCCCNC(=O)c1ccc(/C=C(/C(=O)NC2CC2)c2cccc(F)c2)cc1. The Morgan fingerprint density at radius 1 is 0.462 bits per heavy atom. The number of nitrogens with one attached hydrogen (secondary N) is 4. The standard InChI is InChI=1S/C34H31FN2O2.C28H32FNO4.C26H29FN2O4/c35-29-15-9-23(10-16-29)19-31(34(39)20-24-5-6-24)26-13-17-30(18-14-26)37-22-25-7-11-27(12-8-25)33(38)21-28-3-1-2-4-32(28)36;29-24-15-13-23(14-16-24)26(27(32)19-22-11-12-22)18-21-9-7-20(8-10-21)17-25(31)5-3-1-2-4-6-28(33)30-34;27-21-6-4-5-20(16-21)24(26(33)29-22-12-13-22)15-18-8-10-19(11-9-18)25(32)28-14-3-1-2-7-23(31)17-30/h1-4,7-19,24,37H,5-6,20-22,36H2;7-10,13-16,18,22,34H,1-6,11-12,17,19H2,(H,30,33);4-6,8-11,15-16,22,30H,1-3,7,12-14,17H2,(H,28,32)(H,29,33)/b31-19+;26-18+;24-15+. The number of halogens is 3. The zero-order valence-electron chi connectivity index (χ0n) is 59.6. The van der Waals surface area contributed by atoms with Crippen LogP contribution in [0.4, 0.5) is 24.5 Å². The number of nitrogens with two attached hydrogens (primary N) is 1. The van der Waals surface area contributed by atoms with E-state index in [9.17, 15) is 51.5 Å². The first-order valence-corrected chi connectivity index (χ1v) is 36.5. The molecule has 0 radical (unpaired) electrons. The van der Waals surface area contributed by atoms with Gasteiger partial charge in [-0.05, 0) is 211 Å². The largest absolute Gasteiger partial charge is 0.398 e. The predicted octanol–water partition coefficient (Wildman–Crippen LogP) is 16.5. The highest BCUT2D eigenvalue weighted by Gasteiger charge is 2.29. The van der Waals surface area contributed by atoms with Crippen molar-refractivity contribution in [3.05, 3.63) is 273 Å². The minimum Gasteiger partial charge on any atom is -0.398 e. The molecule has 0 saturated heterocycles. The maximum absolute atomic E-state index is 13.7. The summed E-state index contributed by atoms with van der Waals surface area (Å²) in [6, 6.07) is 55.6. The lowest BCUT2D eigenvalue weighted by atomic mass is 9.95. The number of aliphatic hydroxyl groups excluding tert-OH is 1. The Hall–Kier alpha value is -11.0. The molecule has 3 fully saturated rings. The number of hydrogen-bond acceptors (Lipinski definition) is 12. The van der Waals surface area contributed by atoms with E-state index in [1.54, 1.807) is 78.3 Å². The molecule has 3 aliphatic carbocycles. The highest BCUT2D eigenvalue weighted by Crippen LogP contribution is 2.37. The number of allylic oxidation sites excluding steroid dienone is 2. The van der Waals surface area contributed by atoms with Gasteiger partial charge in [-0.3, -0.25) is 43.6 Å². The highest BCUT2D eigenvalue weighted by molar-refractivity contribution is 6.26. The lowest BCUT2D eigenvalue weighted by Crippen LogP contribution is -2.26. The Balaban J connectivity index is 0.000000185. The molecule has 8 aromatic carbocycles. The maximum Gasteiger partial charge on any atom is 0.252 e. The molecular weight excluding hydrogens is 1340 g/mol. The van der Waals surface area contributed by atoms with Crippen LogP contribution in [0.1, 0.15) is 186 Å². The van der Waals surface area contributed by atoms with Crippen LogP contribution in [-0.2, 0) is 48.2 Å². The Kier molecular flexibility index (Phi) is 30.6. The van der Waals surface area contributed by atoms with E-state index >= 15 is 0 Å². The number of Topliss-reactive ketones (excluding diaryl/α,β-unsaturated/α-hetero) is 5. The van der Waals surface area contributed by atoms with Gasteiger partial charge in [-0.15, -0.1) is 0 Å². The van der Waals surface area contributed by atoms with Gasteiger partial charge in [0.1, 0.15) is 29.8 Å². The summed E-state index contributed by atoms with van der Waals surface area (Å²) in [6.45, 7) is 0.675. The second kappa shape index (κ2) is 40.9.